The molecule has 11 heteroatoms. The van der Waals surface area contributed by atoms with E-state index in [1.54, 1.807) is 30.3 Å². The highest BCUT2D eigenvalue weighted by Gasteiger charge is 2.27. The van der Waals surface area contributed by atoms with Gasteiger partial charge in [0.15, 0.2) is 0 Å². The zero-order valence-electron chi connectivity index (χ0n) is 13.3. The molecule has 130 valence electrons. The van der Waals surface area contributed by atoms with Gasteiger partial charge in [-0.25, -0.2) is 9.97 Å². The van der Waals surface area contributed by atoms with Crippen molar-refractivity contribution in [1.29, 1.82) is 10.5 Å². The highest BCUT2D eigenvalue weighted by Crippen LogP contribution is 2.31. The SMILES string of the molecule is N#CCN(CC#N)c1ncnc(NNC(=O)c2ccccc2)c1[N+](=O)[O-]. The van der Waals surface area contributed by atoms with Crippen LogP contribution >= 0.6 is 0 Å². The van der Waals surface area contributed by atoms with Crippen molar-refractivity contribution in [3.8, 4) is 12.1 Å². The van der Waals surface area contributed by atoms with Gasteiger partial charge in [0.05, 0.1) is 17.1 Å². The van der Waals surface area contributed by atoms with Crippen LogP contribution in [0.15, 0.2) is 36.7 Å². The van der Waals surface area contributed by atoms with Crippen LogP contribution in [0.5, 0.6) is 0 Å². The standard InChI is InChI=1S/C15H12N8O3/c16-6-8-22(9-7-17)14-12(23(25)26)13(18-10-19-14)20-21-15(24)11-4-2-1-3-5-11/h1-5,10H,8-9H2,(H,21,24)(H,18,19,20). The molecule has 1 aromatic carbocycles. The fourth-order valence-electron chi connectivity index (χ4n) is 2.01. The number of carbonyl (C=O) groups is 1. The molecule has 0 atom stereocenters. The van der Waals surface area contributed by atoms with Crippen molar-refractivity contribution in [2.75, 3.05) is 23.4 Å². The fraction of sp³-hybridized carbons (Fsp3) is 0.133. The maximum Gasteiger partial charge on any atom is 0.355 e. The summed E-state index contributed by atoms with van der Waals surface area (Å²) in [6, 6.07) is 11.8. The molecule has 2 N–H and O–H groups in total. The van der Waals surface area contributed by atoms with E-state index >= 15 is 0 Å². The number of benzene rings is 1. The molecule has 0 radical (unpaired) electrons. The van der Waals surface area contributed by atoms with Gasteiger partial charge in [-0.1, -0.05) is 18.2 Å². The van der Waals surface area contributed by atoms with E-state index in [0.717, 1.165) is 11.2 Å². The second-order valence-corrected chi connectivity index (χ2v) is 4.77. The first-order valence-corrected chi connectivity index (χ1v) is 7.18. The fourth-order valence-corrected chi connectivity index (χ4v) is 2.01. The summed E-state index contributed by atoms with van der Waals surface area (Å²) in [5.74, 6) is -0.999. The van der Waals surface area contributed by atoms with Gasteiger partial charge in [0.1, 0.15) is 19.4 Å². The van der Waals surface area contributed by atoms with Crippen LogP contribution in [0, 0.1) is 32.8 Å². The van der Waals surface area contributed by atoms with E-state index in [1.165, 1.54) is 0 Å². The Morgan fingerprint density at radius 3 is 2.42 bits per heavy atom. The molecule has 0 bridgehead atoms. The second-order valence-electron chi connectivity index (χ2n) is 4.77. The smallest absolute Gasteiger partial charge is 0.324 e. The molecule has 2 aromatic rings. The molecule has 0 aliphatic carbocycles. The molecule has 0 aliphatic heterocycles. The first kappa shape index (κ1) is 18.1. The molecule has 0 aliphatic rings. The maximum absolute atomic E-state index is 12.0. The number of nitrogens with one attached hydrogen (secondary N) is 2. The minimum absolute atomic E-state index is 0.204. The van der Waals surface area contributed by atoms with Crippen LogP contribution in [0.1, 0.15) is 10.4 Å². The lowest BCUT2D eigenvalue weighted by molar-refractivity contribution is -0.383. The van der Waals surface area contributed by atoms with Crippen LogP contribution in [-0.4, -0.2) is 33.9 Å². The quantitative estimate of drug-likeness (QED) is 0.420. The molecule has 1 amide bonds. The Hall–Kier alpha value is -4.25. The summed E-state index contributed by atoms with van der Waals surface area (Å²) in [6.45, 7) is -0.553. The Morgan fingerprint density at radius 1 is 1.19 bits per heavy atom. The van der Waals surface area contributed by atoms with E-state index in [0.29, 0.717) is 5.56 Å². The van der Waals surface area contributed by atoms with Gasteiger partial charge in [-0.3, -0.25) is 25.8 Å². The zero-order chi connectivity index (χ0) is 18.9. The van der Waals surface area contributed by atoms with Crippen LogP contribution in [-0.2, 0) is 0 Å². The molecule has 1 aromatic heterocycles. The Morgan fingerprint density at radius 2 is 1.85 bits per heavy atom. The summed E-state index contributed by atoms with van der Waals surface area (Å²) in [5.41, 5.74) is 4.47. The number of nitrogens with zero attached hydrogens (tertiary/aromatic N) is 6. The van der Waals surface area contributed by atoms with Crippen LogP contribution < -0.4 is 15.8 Å². The van der Waals surface area contributed by atoms with Gasteiger partial charge in [-0.05, 0) is 12.1 Å². The van der Waals surface area contributed by atoms with Crippen LogP contribution in [0.25, 0.3) is 0 Å². The van der Waals surface area contributed by atoms with Gasteiger partial charge >= 0.3 is 5.69 Å². The van der Waals surface area contributed by atoms with E-state index in [1.807, 2.05) is 12.1 Å². The van der Waals surface area contributed by atoms with E-state index in [-0.39, 0.29) is 24.7 Å². The third-order valence-electron chi connectivity index (χ3n) is 3.14. The third kappa shape index (κ3) is 4.18. The number of rotatable bonds is 7. The average molecular weight is 352 g/mol. The van der Waals surface area contributed by atoms with E-state index in [9.17, 15) is 14.9 Å². The Labute approximate surface area is 147 Å². The minimum atomic E-state index is -0.756. The number of hydrogen-bond acceptors (Lipinski definition) is 9. The molecular weight excluding hydrogens is 340 g/mol. The van der Waals surface area contributed by atoms with E-state index < -0.39 is 16.5 Å². The summed E-state index contributed by atoms with van der Waals surface area (Å²) in [5, 5.41) is 29.1. The maximum atomic E-state index is 12.0. The monoisotopic (exact) mass is 352 g/mol. The van der Waals surface area contributed by atoms with Crippen molar-refractivity contribution in [2.45, 2.75) is 0 Å². The Kier molecular flexibility index (Phi) is 5.96. The number of carbonyl (C=O) groups excluding carboxylic acids is 1. The van der Waals surface area contributed by atoms with Crippen molar-refractivity contribution in [1.82, 2.24) is 15.4 Å². The Balaban J connectivity index is 2.30. The van der Waals surface area contributed by atoms with E-state index in [2.05, 4.69) is 20.8 Å². The molecule has 2 rings (SSSR count). The van der Waals surface area contributed by atoms with Gasteiger partial charge < -0.3 is 4.90 Å². The minimum Gasteiger partial charge on any atom is -0.324 e. The number of nitriles is 2. The number of hydrazine groups is 1. The van der Waals surface area contributed by atoms with Crippen molar-refractivity contribution in [3.05, 3.63) is 52.3 Å². The predicted molar refractivity (Wildman–Crippen MR) is 89.7 cm³/mol. The van der Waals surface area contributed by atoms with Crippen molar-refractivity contribution in [3.63, 3.8) is 0 Å². The number of nitro groups is 1. The summed E-state index contributed by atoms with van der Waals surface area (Å²) < 4.78 is 0. The highest BCUT2D eigenvalue weighted by atomic mass is 16.6. The number of aromatic nitrogens is 2. The van der Waals surface area contributed by atoms with Crippen molar-refractivity contribution >= 4 is 23.2 Å². The summed E-state index contributed by atoms with van der Waals surface area (Å²) in [7, 11) is 0. The van der Waals surface area contributed by atoms with Gasteiger partial charge in [-0.2, -0.15) is 10.5 Å². The van der Waals surface area contributed by atoms with Crippen LogP contribution in [0.2, 0.25) is 0 Å². The largest absolute Gasteiger partial charge is 0.355 e. The number of anilines is 2. The molecule has 0 unspecified atom stereocenters. The lowest BCUT2D eigenvalue weighted by atomic mass is 10.2. The molecule has 0 spiro atoms. The van der Waals surface area contributed by atoms with Gasteiger partial charge in [-0.15, -0.1) is 0 Å². The highest BCUT2D eigenvalue weighted by molar-refractivity contribution is 5.95. The zero-order valence-corrected chi connectivity index (χ0v) is 13.3. The van der Waals surface area contributed by atoms with E-state index in [4.69, 9.17) is 10.5 Å². The van der Waals surface area contributed by atoms with Crippen molar-refractivity contribution in [2.24, 2.45) is 0 Å². The summed E-state index contributed by atoms with van der Waals surface area (Å²) in [4.78, 5) is 31.4. The first-order chi connectivity index (χ1) is 12.6. The predicted octanol–water partition coefficient (Wildman–Crippen LogP) is 0.995. The van der Waals surface area contributed by atoms with Crippen molar-refractivity contribution < 1.29 is 9.72 Å². The summed E-state index contributed by atoms with van der Waals surface area (Å²) in [6.07, 6.45) is 1.03. The molecule has 26 heavy (non-hydrogen) atoms. The lowest BCUT2D eigenvalue weighted by Crippen LogP contribution is -2.31. The third-order valence-corrected chi connectivity index (χ3v) is 3.14. The first-order valence-electron chi connectivity index (χ1n) is 7.18. The van der Waals surface area contributed by atoms with Gasteiger partial charge in [0, 0.05) is 5.56 Å². The second kappa shape index (κ2) is 8.56. The molecule has 11 nitrogen and oxygen atoms in total. The van der Waals surface area contributed by atoms with Crippen LogP contribution in [0.4, 0.5) is 17.3 Å². The average Bonchev–Trinajstić information content (AvgIpc) is 2.66. The Bertz CT molecular complexity index is 872. The molecule has 0 saturated heterocycles. The molecule has 1 heterocycles. The van der Waals surface area contributed by atoms with Crippen LogP contribution in [0.3, 0.4) is 0 Å². The number of amides is 1. The molecule has 0 fully saturated rings. The molecular formula is C15H12N8O3. The van der Waals surface area contributed by atoms with Gasteiger partial charge in [0.2, 0.25) is 11.6 Å². The lowest BCUT2D eigenvalue weighted by Gasteiger charge is -2.17. The summed E-state index contributed by atoms with van der Waals surface area (Å²) >= 11 is 0. The molecule has 0 saturated carbocycles. The normalized spacial score (nSPS) is 9.46. The number of hydrogen-bond donors (Lipinski definition) is 2. The topological polar surface area (TPSA) is 161 Å². The van der Waals surface area contributed by atoms with Gasteiger partial charge in [0.25, 0.3) is 5.91 Å².